The summed E-state index contributed by atoms with van der Waals surface area (Å²) in [6, 6.07) is 23.4. The van der Waals surface area contributed by atoms with Gasteiger partial charge in [-0.1, -0.05) is 48.0 Å². The Morgan fingerprint density at radius 2 is 1.63 bits per heavy atom. The Labute approximate surface area is 181 Å². The molecule has 3 aromatic carbocycles. The molecule has 0 spiro atoms. The third kappa shape index (κ3) is 5.92. The molecule has 0 radical (unpaired) electrons. The Morgan fingerprint density at radius 3 is 2.37 bits per heavy atom. The molecule has 3 aromatic rings. The lowest BCUT2D eigenvalue weighted by Gasteiger charge is -2.23. The van der Waals surface area contributed by atoms with Crippen LogP contribution in [0.4, 0.5) is 5.69 Å². The number of nitrogens with zero attached hydrogens (tertiary/aromatic N) is 1. The topological polar surface area (TPSA) is 75.4 Å². The van der Waals surface area contributed by atoms with E-state index in [1.165, 1.54) is 0 Å². The highest BCUT2D eigenvalue weighted by molar-refractivity contribution is 6.31. The number of anilines is 1. The van der Waals surface area contributed by atoms with Gasteiger partial charge in [-0.05, 0) is 61.0 Å². The van der Waals surface area contributed by atoms with Crippen molar-refractivity contribution in [1.29, 1.82) is 0 Å². The number of hydrogen-bond acceptors (Lipinski definition) is 3. The fourth-order valence-electron chi connectivity index (χ4n) is 3.10. The summed E-state index contributed by atoms with van der Waals surface area (Å²) in [6.07, 6.45) is 0.712. The first-order valence-corrected chi connectivity index (χ1v) is 10.1. The summed E-state index contributed by atoms with van der Waals surface area (Å²) in [4.78, 5) is 27.2. The van der Waals surface area contributed by atoms with Crippen LogP contribution in [-0.4, -0.2) is 29.8 Å². The number of hydrogen-bond donors (Lipinski definition) is 2. The Bertz CT molecular complexity index is 1010. The molecule has 154 valence electrons. The van der Waals surface area contributed by atoms with Crippen molar-refractivity contribution in [2.24, 2.45) is 5.73 Å². The molecule has 3 N–H and O–H groups in total. The van der Waals surface area contributed by atoms with Crippen molar-refractivity contribution < 1.29 is 9.59 Å². The molecule has 0 unspecified atom stereocenters. The number of halogens is 1. The van der Waals surface area contributed by atoms with Crippen LogP contribution < -0.4 is 11.1 Å². The van der Waals surface area contributed by atoms with E-state index in [0.29, 0.717) is 47.9 Å². The van der Waals surface area contributed by atoms with E-state index in [1.54, 1.807) is 41.3 Å². The van der Waals surface area contributed by atoms with Gasteiger partial charge < -0.3 is 16.0 Å². The molecular weight excluding hydrogens is 398 g/mol. The Balaban J connectivity index is 1.74. The van der Waals surface area contributed by atoms with Crippen molar-refractivity contribution in [2.45, 2.75) is 13.0 Å². The molecule has 0 aliphatic heterocycles. The molecule has 3 rings (SSSR count). The minimum atomic E-state index is -0.241. The standard InChI is InChI=1S/C24H24ClN3O2/c25-21-11-5-10-20(16-21)23(29)27-22-12-4-7-18(15-22)17-28(14-6-13-26)24(30)19-8-2-1-3-9-19/h1-5,7-12,15-16H,6,13-14,17,26H2,(H,27,29). The zero-order chi connectivity index (χ0) is 21.3. The predicted octanol–water partition coefficient (Wildman–Crippen LogP) is 4.58. The van der Waals surface area contributed by atoms with Crippen molar-refractivity contribution in [2.75, 3.05) is 18.4 Å². The van der Waals surface area contributed by atoms with Crippen LogP contribution >= 0.6 is 11.6 Å². The Kier molecular flexibility index (Phi) is 7.60. The summed E-state index contributed by atoms with van der Waals surface area (Å²) in [5, 5.41) is 3.39. The number of rotatable bonds is 8. The van der Waals surface area contributed by atoms with Gasteiger partial charge in [0.15, 0.2) is 0 Å². The maximum atomic E-state index is 12.9. The molecule has 2 amide bonds. The molecule has 5 nitrogen and oxygen atoms in total. The third-order valence-electron chi connectivity index (χ3n) is 4.59. The summed E-state index contributed by atoms with van der Waals surface area (Å²) < 4.78 is 0. The SMILES string of the molecule is NCCCN(Cc1cccc(NC(=O)c2cccc(Cl)c2)c1)C(=O)c1ccccc1. The molecule has 0 fully saturated rings. The van der Waals surface area contributed by atoms with Gasteiger partial charge in [-0.2, -0.15) is 0 Å². The first-order chi connectivity index (χ1) is 14.6. The largest absolute Gasteiger partial charge is 0.334 e. The predicted molar refractivity (Wildman–Crippen MR) is 121 cm³/mol. The van der Waals surface area contributed by atoms with Crippen LogP contribution in [0, 0.1) is 0 Å². The van der Waals surface area contributed by atoms with E-state index < -0.39 is 0 Å². The van der Waals surface area contributed by atoms with E-state index in [4.69, 9.17) is 17.3 Å². The Morgan fingerprint density at radius 1 is 0.900 bits per heavy atom. The fourth-order valence-corrected chi connectivity index (χ4v) is 3.29. The Hall–Kier alpha value is -3.15. The molecular formula is C24H24ClN3O2. The van der Waals surface area contributed by atoms with Crippen molar-refractivity contribution in [1.82, 2.24) is 4.90 Å². The zero-order valence-corrected chi connectivity index (χ0v) is 17.3. The van der Waals surface area contributed by atoms with E-state index in [2.05, 4.69) is 5.32 Å². The smallest absolute Gasteiger partial charge is 0.255 e. The van der Waals surface area contributed by atoms with Crippen LogP contribution in [0.3, 0.4) is 0 Å². The lowest BCUT2D eigenvalue weighted by Crippen LogP contribution is -2.32. The van der Waals surface area contributed by atoms with Crippen LogP contribution in [0.25, 0.3) is 0 Å². The summed E-state index contributed by atoms with van der Waals surface area (Å²) in [6.45, 7) is 1.49. The lowest BCUT2D eigenvalue weighted by atomic mass is 10.1. The number of carbonyl (C=O) groups is 2. The normalized spacial score (nSPS) is 10.5. The number of nitrogens with two attached hydrogens (primary N) is 1. The minimum Gasteiger partial charge on any atom is -0.334 e. The maximum absolute atomic E-state index is 12.9. The summed E-state index contributed by atoms with van der Waals surface area (Å²) in [7, 11) is 0. The first kappa shape index (κ1) is 21.6. The van der Waals surface area contributed by atoms with Crippen LogP contribution in [0.2, 0.25) is 5.02 Å². The van der Waals surface area contributed by atoms with Gasteiger partial charge in [0.05, 0.1) is 0 Å². The third-order valence-corrected chi connectivity index (χ3v) is 4.82. The average Bonchev–Trinajstić information content (AvgIpc) is 2.77. The summed E-state index contributed by atoms with van der Waals surface area (Å²) in [5.74, 6) is -0.285. The quantitative estimate of drug-likeness (QED) is 0.558. The van der Waals surface area contributed by atoms with Crippen molar-refractivity contribution in [3.63, 3.8) is 0 Å². The lowest BCUT2D eigenvalue weighted by molar-refractivity contribution is 0.0742. The van der Waals surface area contributed by atoms with Gasteiger partial charge in [-0.15, -0.1) is 0 Å². The van der Waals surface area contributed by atoms with Crippen LogP contribution in [0.5, 0.6) is 0 Å². The van der Waals surface area contributed by atoms with Crippen molar-refractivity contribution in [3.05, 3.63) is 101 Å². The van der Waals surface area contributed by atoms with E-state index in [0.717, 1.165) is 5.56 Å². The van der Waals surface area contributed by atoms with Crippen LogP contribution in [0.1, 0.15) is 32.7 Å². The molecule has 6 heteroatoms. The molecule has 0 aliphatic carbocycles. The minimum absolute atomic E-state index is 0.0441. The van der Waals surface area contributed by atoms with E-state index >= 15 is 0 Å². The van der Waals surface area contributed by atoms with Crippen molar-refractivity contribution >= 4 is 29.1 Å². The van der Waals surface area contributed by atoms with E-state index in [1.807, 2.05) is 42.5 Å². The first-order valence-electron chi connectivity index (χ1n) is 9.77. The van der Waals surface area contributed by atoms with Gasteiger partial charge in [0.25, 0.3) is 11.8 Å². The monoisotopic (exact) mass is 421 g/mol. The van der Waals surface area contributed by atoms with Gasteiger partial charge in [-0.25, -0.2) is 0 Å². The van der Waals surface area contributed by atoms with Gasteiger partial charge in [0.1, 0.15) is 0 Å². The zero-order valence-electron chi connectivity index (χ0n) is 16.6. The van der Waals surface area contributed by atoms with Gasteiger partial charge >= 0.3 is 0 Å². The highest BCUT2D eigenvalue weighted by Crippen LogP contribution is 2.17. The highest BCUT2D eigenvalue weighted by Gasteiger charge is 2.16. The molecule has 30 heavy (non-hydrogen) atoms. The second-order valence-corrected chi connectivity index (χ2v) is 7.34. The van der Waals surface area contributed by atoms with Crippen LogP contribution in [0.15, 0.2) is 78.9 Å². The van der Waals surface area contributed by atoms with E-state index in [9.17, 15) is 9.59 Å². The number of nitrogens with one attached hydrogen (secondary N) is 1. The van der Waals surface area contributed by atoms with E-state index in [-0.39, 0.29) is 11.8 Å². The van der Waals surface area contributed by atoms with Gasteiger partial charge in [-0.3, -0.25) is 9.59 Å². The molecule has 0 bridgehead atoms. The fraction of sp³-hybridized carbons (Fsp3) is 0.167. The molecule has 0 atom stereocenters. The molecule has 0 aromatic heterocycles. The van der Waals surface area contributed by atoms with Crippen molar-refractivity contribution in [3.8, 4) is 0 Å². The second-order valence-electron chi connectivity index (χ2n) is 6.90. The molecule has 0 saturated carbocycles. The maximum Gasteiger partial charge on any atom is 0.255 e. The van der Waals surface area contributed by atoms with Gasteiger partial charge in [0, 0.05) is 34.9 Å². The number of amides is 2. The molecule has 0 aliphatic rings. The second kappa shape index (κ2) is 10.6. The van der Waals surface area contributed by atoms with Gasteiger partial charge in [0.2, 0.25) is 0 Å². The number of carbonyl (C=O) groups excluding carboxylic acids is 2. The average molecular weight is 422 g/mol. The number of benzene rings is 3. The highest BCUT2D eigenvalue weighted by atomic mass is 35.5. The molecule has 0 heterocycles. The summed E-state index contributed by atoms with van der Waals surface area (Å²) >= 11 is 5.97. The van der Waals surface area contributed by atoms with Crippen LogP contribution in [-0.2, 0) is 6.54 Å². The summed E-state index contributed by atoms with van der Waals surface area (Å²) in [5.41, 5.74) is 8.35. The molecule has 0 saturated heterocycles.